The number of nitrogens with zero attached hydrogens (tertiary/aromatic N) is 3. The molecule has 3 rings (SSSR count). The molecule has 0 bridgehead atoms. The van der Waals surface area contributed by atoms with E-state index in [0.29, 0.717) is 13.2 Å². The Morgan fingerprint density at radius 2 is 2.23 bits per heavy atom. The van der Waals surface area contributed by atoms with Crippen molar-refractivity contribution >= 4 is 5.91 Å². The smallest absolute Gasteiger partial charge is 0.229 e. The highest BCUT2D eigenvalue weighted by molar-refractivity contribution is 5.79. The molecule has 1 atom stereocenters. The van der Waals surface area contributed by atoms with Gasteiger partial charge in [0.1, 0.15) is 12.4 Å². The van der Waals surface area contributed by atoms with Gasteiger partial charge in [0.15, 0.2) is 0 Å². The van der Waals surface area contributed by atoms with Crippen LogP contribution in [0.25, 0.3) is 0 Å². The number of ether oxygens (including phenoxy) is 1. The summed E-state index contributed by atoms with van der Waals surface area (Å²) < 4.78 is 7.50. The lowest BCUT2D eigenvalue weighted by molar-refractivity contribution is -0.136. The molecule has 1 aromatic heterocycles. The summed E-state index contributed by atoms with van der Waals surface area (Å²) in [6.45, 7) is 3.00. The molecule has 1 aromatic carbocycles. The summed E-state index contributed by atoms with van der Waals surface area (Å²) in [5.41, 5.74) is 3.15. The van der Waals surface area contributed by atoms with E-state index in [9.17, 15) is 4.79 Å². The molecular formula is C17H21N3O2. The molecule has 0 N–H and O–H groups in total. The van der Waals surface area contributed by atoms with Crippen LogP contribution in [0.5, 0.6) is 5.75 Å². The number of amides is 1. The molecule has 0 fully saturated rings. The van der Waals surface area contributed by atoms with E-state index < -0.39 is 0 Å². The Morgan fingerprint density at radius 1 is 1.45 bits per heavy atom. The van der Waals surface area contributed by atoms with Crippen molar-refractivity contribution in [3.63, 3.8) is 0 Å². The fourth-order valence-electron chi connectivity index (χ4n) is 2.94. The van der Waals surface area contributed by atoms with E-state index in [0.717, 1.165) is 29.0 Å². The molecule has 2 heterocycles. The molecule has 5 heteroatoms. The fraction of sp³-hybridized carbons (Fsp3) is 0.412. The third-order valence-corrected chi connectivity index (χ3v) is 4.13. The van der Waals surface area contributed by atoms with E-state index in [1.54, 1.807) is 9.58 Å². The molecule has 0 saturated carbocycles. The molecule has 1 aliphatic rings. The van der Waals surface area contributed by atoms with Gasteiger partial charge >= 0.3 is 0 Å². The number of carbonyl (C=O) groups excluding carboxylic acids is 1. The van der Waals surface area contributed by atoms with E-state index >= 15 is 0 Å². The maximum atomic E-state index is 12.6. The molecule has 1 aliphatic heterocycles. The van der Waals surface area contributed by atoms with Crippen molar-refractivity contribution < 1.29 is 9.53 Å². The summed E-state index contributed by atoms with van der Waals surface area (Å²) in [6, 6.07) is 7.93. The molecule has 0 aliphatic carbocycles. The number of aromatic nitrogens is 2. The van der Waals surface area contributed by atoms with Crippen LogP contribution in [0, 0.1) is 12.8 Å². The number of benzene rings is 1. The molecule has 0 saturated heterocycles. The number of fused-ring (bicyclic) bond motifs is 1. The molecule has 2 aromatic rings. The second-order valence-electron chi connectivity index (χ2n) is 5.93. The van der Waals surface area contributed by atoms with Crippen LogP contribution < -0.4 is 4.74 Å². The van der Waals surface area contributed by atoms with Crippen LogP contribution in [-0.2, 0) is 24.8 Å². The molecule has 5 nitrogen and oxygen atoms in total. The summed E-state index contributed by atoms with van der Waals surface area (Å²) in [5, 5.41) is 4.32. The third-order valence-electron chi connectivity index (χ3n) is 4.13. The lowest BCUT2D eigenvalue weighted by Crippen LogP contribution is -2.38. The van der Waals surface area contributed by atoms with Crippen LogP contribution in [0.2, 0.25) is 0 Å². The zero-order valence-corrected chi connectivity index (χ0v) is 13.2. The van der Waals surface area contributed by atoms with Crippen molar-refractivity contribution in [2.24, 2.45) is 13.0 Å². The van der Waals surface area contributed by atoms with Crippen LogP contribution in [0.3, 0.4) is 0 Å². The summed E-state index contributed by atoms with van der Waals surface area (Å²) >= 11 is 0. The van der Waals surface area contributed by atoms with Crippen molar-refractivity contribution in [1.29, 1.82) is 0 Å². The monoisotopic (exact) mass is 299 g/mol. The molecule has 0 radical (unpaired) electrons. The van der Waals surface area contributed by atoms with Crippen molar-refractivity contribution in [2.75, 3.05) is 13.7 Å². The number of rotatable bonds is 3. The highest BCUT2D eigenvalue weighted by Gasteiger charge is 2.28. The number of para-hydroxylation sites is 1. The Labute approximate surface area is 130 Å². The first-order chi connectivity index (χ1) is 10.5. The quantitative estimate of drug-likeness (QED) is 0.870. The van der Waals surface area contributed by atoms with E-state index in [-0.39, 0.29) is 11.8 Å². The maximum Gasteiger partial charge on any atom is 0.229 e. The van der Waals surface area contributed by atoms with E-state index in [2.05, 4.69) is 5.10 Å². The fourth-order valence-corrected chi connectivity index (χ4v) is 2.94. The van der Waals surface area contributed by atoms with Gasteiger partial charge in [0.25, 0.3) is 0 Å². The van der Waals surface area contributed by atoms with E-state index in [1.165, 1.54) is 0 Å². The topological polar surface area (TPSA) is 47.4 Å². The zero-order valence-electron chi connectivity index (χ0n) is 13.2. The normalized spacial score (nSPS) is 16.8. The molecule has 22 heavy (non-hydrogen) atoms. The van der Waals surface area contributed by atoms with Crippen LogP contribution in [0.4, 0.5) is 0 Å². The molecular weight excluding hydrogens is 278 g/mol. The maximum absolute atomic E-state index is 12.6. The van der Waals surface area contributed by atoms with Gasteiger partial charge in [-0.25, -0.2) is 0 Å². The average Bonchev–Trinajstić information content (AvgIpc) is 2.83. The summed E-state index contributed by atoms with van der Waals surface area (Å²) in [7, 11) is 3.74. The van der Waals surface area contributed by atoms with E-state index in [1.807, 2.05) is 51.5 Å². The van der Waals surface area contributed by atoms with Crippen molar-refractivity contribution in [3.05, 3.63) is 47.3 Å². The minimum Gasteiger partial charge on any atom is -0.492 e. The van der Waals surface area contributed by atoms with Gasteiger partial charge in [-0.3, -0.25) is 9.48 Å². The van der Waals surface area contributed by atoms with Gasteiger partial charge in [-0.15, -0.1) is 0 Å². The van der Waals surface area contributed by atoms with Crippen molar-refractivity contribution in [1.82, 2.24) is 14.7 Å². The average molecular weight is 299 g/mol. The van der Waals surface area contributed by atoms with Gasteiger partial charge in [-0.2, -0.15) is 5.10 Å². The van der Waals surface area contributed by atoms with Crippen LogP contribution in [0.15, 0.2) is 30.5 Å². The summed E-state index contributed by atoms with van der Waals surface area (Å²) in [6.07, 6.45) is 2.71. The van der Waals surface area contributed by atoms with Gasteiger partial charge in [0, 0.05) is 32.4 Å². The standard InChI is InChI=1S/C17H21N3O2/c1-12-15(10-20(3)18-12)9-19(2)17(21)14-8-13-6-4-5-7-16(13)22-11-14/h4-7,10,14H,8-9,11H2,1-3H3/t14-/m1/s1. The highest BCUT2D eigenvalue weighted by Crippen LogP contribution is 2.27. The van der Waals surface area contributed by atoms with Crippen LogP contribution in [0.1, 0.15) is 16.8 Å². The second kappa shape index (κ2) is 5.83. The zero-order chi connectivity index (χ0) is 15.7. The van der Waals surface area contributed by atoms with Gasteiger partial charge < -0.3 is 9.64 Å². The van der Waals surface area contributed by atoms with Gasteiger partial charge in [-0.1, -0.05) is 18.2 Å². The summed E-state index contributed by atoms with van der Waals surface area (Å²) in [5.74, 6) is 0.909. The number of carbonyl (C=O) groups is 1. The molecule has 0 unspecified atom stereocenters. The Balaban J connectivity index is 1.68. The van der Waals surface area contributed by atoms with E-state index in [4.69, 9.17) is 4.74 Å². The Hall–Kier alpha value is -2.30. The van der Waals surface area contributed by atoms with Crippen LogP contribution >= 0.6 is 0 Å². The predicted octanol–water partition coefficient (Wildman–Crippen LogP) is 1.94. The lowest BCUT2D eigenvalue weighted by atomic mass is 9.95. The highest BCUT2D eigenvalue weighted by atomic mass is 16.5. The predicted molar refractivity (Wildman–Crippen MR) is 83.6 cm³/mol. The Bertz CT molecular complexity index is 693. The first-order valence-electron chi connectivity index (χ1n) is 7.49. The first kappa shape index (κ1) is 14.6. The second-order valence-corrected chi connectivity index (χ2v) is 5.93. The first-order valence-corrected chi connectivity index (χ1v) is 7.49. The Kier molecular flexibility index (Phi) is 3.88. The van der Waals surface area contributed by atoms with Gasteiger partial charge in [0.05, 0.1) is 11.6 Å². The van der Waals surface area contributed by atoms with Crippen LogP contribution in [-0.4, -0.2) is 34.2 Å². The van der Waals surface area contributed by atoms with Crippen molar-refractivity contribution in [3.8, 4) is 5.75 Å². The minimum atomic E-state index is -0.114. The summed E-state index contributed by atoms with van der Waals surface area (Å²) in [4.78, 5) is 14.4. The minimum absolute atomic E-state index is 0.114. The Morgan fingerprint density at radius 3 is 2.95 bits per heavy atom. The molecule has 1 amide bonds. The lowest BCUT2D eigenvalue weighted by Gasteiger charge is -2.28. The number of hydrogen-bond donors (Lipinski definition) is 0. The molecule has 116 valence electrons. The number of hydrogen-bond acceptors (Lipinski definition) is 3. The number of aryl methyl sites for hydroxylation is 2. The SMILES string of the molecule is Cc1nn(C)cc1CN(C)C(=O)[C@H]1COc2ccccc2C1. The van der Waals surface area contributed by atoms with Crippen molar-refractivity contribution in [2.45, 2.75) is 19.9 Å². The largest absolute Gasteiger partial charge is 0.492 e. The third kappa shape index (κ3) is 2.84. The molecule has 0 spiro atoms. The van der Waals surface area contributed by atoms with Gasteiger partial charge in [0.2, 0.25) is 5.91 Å². The van der Waals surface area contributed by atoms with Gasteiger partial charge in [-0.05, 0) is 25.0 Å².